The van der Waals surface area contributed by atoms with E-state index in [1.807, 2.05) is 18.2 Å². The van der Waals surface area contributed by atoms with E-state index in [1.165, 1.54) is 16.7 Å². The summed E-state index contributed by atoms with van der Waals surface area (Å²) in [7, 11) is 1.59. The summed E-state index contributed by atoms with van der Waals surface area (Å²) in [6.07, 6.45) is 3.78. The number of ether oxygens (including phenoxy) is 3. The molecule has 6 nitrogen and oxygen atoms in total. The minimum Gasteiger partial charge on any atom is -0.493 e. The molecule has 1 saturated heterocycles. The molecule has 1 heterocycles. The number of carbonyl (C=O) groups is 2. The van der Waals surface area contributed by atoms with Crippen molar-refractivity contribution in [2.45, 2.75) is 26.7 Å². The van der Waals surface area contributed by atoms with E-state index in [0.29, 0.717) is 38.6 Å². The molecule has 0 aromatic heterocycles. The molecule has 0 bridgehead atoms. The summed E-state index contributed by atoms with van der Waals surface area (Å²) >= 11 is 6.66. The number of thioether (sulfide) groups is 1. The first-order valence-corrected chi connectivity index (χ1v) is 11.6. The third-order valence-corrected chi connectivity index (χ3v) is 5.95. The highest BCUT2D eigenvalue weighted by Crippen LogP contribution is 2.37. The Bertz CT molecular complexity index is 1050. The molecule has 0 radical (unpaired) electrons. The predicted molar refractivity (Wildman–Crippen MR) is 131 cm³/mol. The Morgan fingerprint density at radius 3 is 2.69 bits per heavy atom. The Morgan fingerprint density at radius 1 is 1.16 bits per heavy atom. The molecule has 1 aliphatic heterocycles. The van der Waals surface area contributed by atoms with Crippen LogP contribution in [0.1, 0.15) is 42.6 Å². The molecule has 0 spiro atoms. The number of benzene rings is 2. The number of hydrogen-bond acceptors (Lipinski definition) is 7. The Kier molecular flexibility index (Phi) is 8.30. The van der Waals surface area contributed by atoms with E-state index in [1.54, 1.807) is 44.4 Å². The van der Waals surface area contributed by atoms with Crippen molar-refractivity contribution in [2.24, 2.45) is 0 Å². The maximum atomic E-state index is 13.1. The highest BCUT2D eigenvalue weighted by atomic mass is 32.2. The second-order valence-electron chi connectivity index (χ2n) is 6.90. The van der Waals surface area contributed by atoms with E-state index in [9.17, 15) is 9.59 Å². The lowest BCUT2D eigenvalue weighted by Gasteiger charge is -2.15. The lowest BCUT2D eigenvalue weighted by atomic mass is 10.1. The van der Waals surface area contributed by atoms with Gasteiger partial charge in [-0.15, -0.1) is 0 Å². The first-order valence-electron chi connectivity index (χ1n) is 10.3. The summed E-state index contributed by atoms with van der Waals surface area (Å²) in [6, 6.07) is 12.2. The van der Waals surface area contributed by atoms with Crippen molar-refractivity contribution < 1.29 is 23.8 Å². The monoisotopic (exact) mass is 471 g/mol. The van der Waals surface area contributed by atoms with E-state index in [4.69, 9.17) is 26.4 Å². The maximum Gasteiger partial charge on any atom is 0.338 e. The zero-order chi connectivity index (χ0) is 23.1. The fraction of sp³-hybridized carbons (Fsp3) is 0.292. The molecular formula is C24H25NO5S2. The SMILES string of the molecule is CCCCOc1ccc(/C=C2\SC(=S)N(c3cccc(C(=O)OCC)c3)C2=O)cc1OC. The van der Waals surface area contributed by atoms with E-state index in [-0.39, 0.29) is 12.5 Å². The Balaban J connectivity index is 1.83. The molecule has 1 fully saturated rings. The van der Waals surface area contributed by atoms with Gasteiger partial charge in [-0.3, -0.25) is 9.69 Å². The first-order chi connectivity index (χ1) is 15.5. The normalized spacial score (nSPS) is 14.7. The molecule has 1 aliphatic rings. The van der Waals surface area contributed by atoms with Crippen LogP contribution in [0.25, 0.3) is 6.08 Å². The molecule has 0 saturated carbocycles. The van der Waals surface area contributed by atoms with Crippen LogP contribution < -0.4 is 14.4 Å². The molecule has 8 heteroatoms. The highest BCUT2D eigenvalue weighted by molar-refractivity contribution is 8.27. The number of hydrogen-bond donors (Lipinski definition) is 0. The van der Waals surface area contributed by atoms with E-state index < -0.39 is 5.97 Å². The Morgan fingerprint density at radius 2 is 1.97 bits per heavy atom. The predicted octanol–water partition coefficient (Wildman–Crippen LogP) is 5.46. The van der Waals surface area contributed by atoms with Crippen molar-refractivity contribution in [1.29, 1.82) is 0 Å². The molecule has 2 aromatic rings. The van der Waals surface area contributed by atoms with Gasteiger partial charge in [-0.05, 0) is 55.3 Å². The third kappa shape index (κ3) is 5.49. The quantitative estimate of drug-likeness (QED) is 0.208. The van der Waals surface area contributed by atoms with Crippen molar-refractivity contribution >= 4 is 51.9 Å². The topological polar surface area (TPSA) is 65.1 Å². The molecule has 0 atom stereocenters. The zero-order valence-electron chi connectivity index (χ0n) is 18.3. The van der Waals surface area contributed by atoms with Crippen LogP contribution in [-0.2, 0) is 9.53 Å². The van der Waals surface area contributed by atoms with Gasteiger partial charge in [0.25, 0.3) is 5.91 Å². The first kappa shape index (κ1) is 23.8. The van der Waals surface area contributed by atoms with Crippen molar-refractivity contribution in [2.75, 3.05) is 25.2 Å². The minimum absolute atomic E-state index is 0.247. The van der Waals surface area contributed by atoms with Gasteiger partial charge < -0.3 is 14.2 Å². The van der Waals surface area contributed by atoms with Crippen LogP contribution in [0.5, 0.6) is 11.5 Å². The minimum atomic E-state index is -0.441. The summed E-state index contributed by atoms with van der Waals surface area (Å²) in [5.41, 5.74) is 1.69. The van der Waals surface area contributed by atoms with E-state index in [0.717, 1.165) is 18.4 Å². The standard InChI is InChI=1S/C24H25NO5S2/c1-4-6-12-30-19-11-10-16(13-20(19)28-3)14-21-22(26)25(24(31)32-21)18-9-7-8-17(15-18)23(27)29-5-2/h7-11,13-15H,4-6,12H2,1-3H3/b21-14-. The fourth-order valence-electron chi connectivity index (χ4n) is 3.05. The number of rotatable bonds is 9. The number of amides is 1. The van der Waals surface area contributed by atoms with E-state index in [2.05, 4.69) is 6.92 Å². The lowest BCUT2D eigenvalue weighted by molar-refractivity contribution is -0.113. The molecule has 0 aliphatic carbocycles. The van der Waals surface area contributed by atoms with Crippen molar-refractivity contribution in [3.05, 3.63) is 58.5 Å². The Labute approximate surface area is 197 Å². The van der Waals surface area contributed by atoms with Gasteiger partial charge >= 0.3 is 5.97 Å². The van der Waals surface area contributed by atoms with Gasteiger partial charge in [0, 0.05) is 0 Å². The van der Waals surface area contributed by atoms with Crippen LogP contribution in [0.15, 0.2) is 47.4 Å². The van der Waals surface area contributed by atoms with Crippen molar-refractivity contribution in [1.82, 2.24) is 0 Å². The molecule has 0 N–H and O–H groups in total. The van der Waals surface area contributed by atoms with Gasteiger partial charge in [0.1, 0.15) is 0 Å². The van der Waals surface area contributed by atoms with Crippen LogP contribution in [-0.4, -0.2) is 36.5 Å². The summed E-state index contributed by atoms with van der Waals surface area (Å²) < 4.78 is 16.7. The molecule has 32 heavy (non-hydrogen) atoms. The molecule has 3 rings (SSSR count). The smallest absolute Gasteiger partial charge is 0.338 e. The largest absolute Gasteiger partial charge is 0.493 e. The average molecular weight is 472 g/mol. The van der Waals surface area contributed by atoms with Gasteiger partial charge in [0.15, 0.2) is 15.8 Å². The molecule has 1 amide bonds. The average Bonchev–Trinajstić information content (AvgIpc) is 3.07. The summed E-state index contributed by atoms with van der Waals surface area (Å²) in [6.45, 7) is 4.74. The van der Waals surface area contributed by atoms with Crippen LogP contribution in [0.4, 0.5) is 5.69 Å². The number of unbranched alkanes of at least 4 members (excludes halogenated alkanes) is 1. The van der Waals surface area contributed by atoms with Crippen LogP contribution >= 0.6 is 24.0 Å². The zero-order valence-corrected chi connectivity index (χ0v) is 19.9. The van der Waals surface area contributed by atoms with Crippen LogP contribution in [0.2, 0.25) is 0 Å². The molecule has 168 valence electrons. The number of carbonyl (C=O) groups excluding carboxylic acids is 2. The van der Waals surface area contributed by atoms with Crippen molar-refractivity contribution in [3.63, 3.8) is 0 Å². The number of esters is 1. The lowest BCUT2D eigenvalue weighted by Crippen LogP contribution is -2.27. The number of nitrogens with zero attached hydrogens (tertiary/aromatic N) is 1. The van der Waals surface area contributed by atoms with Gasteiger partial charge in [0.2, 0.25) is 0 Å². The number of anilines is 1. The summed E-state index contributed by atoms with van der Waals surface area (Å²) in [4.78, 5) is 27.1. The second-order valence-corrected chi connectivity index (χ2v) is 8.58. The van der Waals surface area contributed by atoms with Crippen LogP contribution in [0.3, 0.4) is 0 Å². The van der Waals surface area contributed by atoms with Gasteiger partial charge in [-0.2, -0.15) is 0 Å². The third-order valence-electron chi connectivity index (χ3n) is 4.65. The molecule has 2 aromatic carbocycles. The van der Waals surface area contributed by atoms with Crippen LogP contribution in [0, 0.1) is 0 Å². The Hall–Kier alpha value is -2.84. The maximum absolute atomic E-state index is 13.1. The van der Waals surface area contributed by atoms with Gasteiger partial charge in [-0.1, -0.05) is 49.5 Å². The fourth-order valence-corrected chi connectivity index (χ4v) is 4.35. The summed E-state index contributed by atoms with van der Waals surface area (Å²) in [5.74, 6) is 0.584. The summed E-state index contributed by atoms with van der Waals surface area (Å²) in [5, 5.41) is 0. The van der Waals surface area contributed by atoms with Gasteiger partial charge in [0.05, 0.1) is 36.5 Å². The number of methoxy groups -OCH3 is 1. The van der Waals surface area contributed by atoms with Gasteiger partial charge in [-0.25, -0.2) is 4.79 Å². The van der Waals surface area contributed by atoms with Crippen molar-refractivity contribution in [3.8, 4) is 11.5 Å². The molecule has 0 unspecified atom stereocenters. The second kappa shape index (κ2) is 11.2. The highest BCUT2D eigenvalue weighted by Gasteiger charge is 2.33. The number of thiocarbonyl (C=S) groups is 1. The molecular weight excluding hydrogens is 446 g/mol. The van der Waals surface area contributed by atoms with E-state index >= 15 is 0 Å².